The van der Waals surface area contributed by atoms with Crippen molar-refractivity contribution in [3.05, 3.63) is 88.1 Å². The first-order chi connectivity index (χ1) is 14.7. The van der Waals surface area contributed by atoms with Crippen LogP contribution in [0.15, 0.2) is 72.1 Å². The summed E-state index contributed by atoms with van der Waals surface area (Å²) in [7, 11) is 0. The van der Waals surface area contributed by atoms with Gasteiger partial charge in [-0.25, -0.2) is 0 Å². The van der Waals surface area contributed by atoms with E-state index in [0.29, 0.717) is 29.4 Å². The van der Waals surface area contributed by atoms with Crippen LogP contribution in [0.5, 0.6) is 0 Å². The fraction of sp³-hybridized carbons (Fsp3) is 0.250. The van der Waals surface area contributed by atoms with Crippen LogP contribution in [0.4, 0.5) is 5.69 Å². The van der Waals surface area contributed by atoms with E-state index in [0.717, 1.165) is 25.1 Å². The molecule has 1 aliphatic rings. The molecule has 0 radical (unpaired) electrons. The summed E-state index contributed by atoms with van der Waals surface area (Å²) < 4.78 is 0. The van der Waals surface area contributed by atoms with E-state index in [9.17, 15) is 9.59 Å². The van der Waals surface area contributed by atoms with Gasteiger partial charge in [0.1, 0.15) is 0 Å². The molecule has 0 saturated carbocycles. The lowest BCUT2D eigenvalue weighted by molar-refractivity contribution is 0.0942. The SMILES string of the molecule is O=C(NCC1CCN(c2ccccc2)C1)c1ccc(CNC(=O)c2cccs2)cc1. The maximum absolute atomic E-state index is 12.5. The van der Waals surface area contributed by atoms with E-state index >= 15 is 0 Å². The van der Waals surface area contributed by atoms with Crippen LogP contribution in [0.2, 0.25) is 0 Å². The van der Waals surface area contributed by atoms with Gasteiger partial charge in [-0.3, -0.25) is 9.59 Å². The van der Waals surface area contributed by atoms with E-state index < -0.39 is 0 Å². The Kier molecular flexibility index (Phi) is 6.44. The average molecular weight is 420 g/mol. The minimum Gasteiger partial charge on any atom is -0.371 e. The molecule has 30 heavy (non-hydrogen) atoms. The van der Waals surface area contributed by atoms with E-state index in [1.54, 1.807) is 6.07 Å². The molecule has 2 heterocycles. The molecule has 6 heteroatoms. The summed E-state index contributed by atoms with van der Waals surface area (Å²) in [5.41, 5.74) is 2.85. The molecule has 2 aromatic carbocycles. The van der Waals surface area contributed by atoms with Crippen molar-refractivity contribution in [2.45, 2.75) is 13.0 Å². The zero-order valence-electron chi connectivity index (χ0n) is 16.7. The number of hydrogen-bond donors (Lipinski definition) is 2. The second-order valence-electron chi connectivity index (χ2n) is 7.50. The summed E-state index contributed by atoms with van der Waals surface area (Å²) in [4.78, 5) is 27.6. The number of nitrogens with one attached hydrogen (secondary N) is 2. The van der Waals surface area contributed by atoms with Gasteiger partial charge in [-0.1, -0.05) is 36.4 Å². The number of anilines is 1. The summed E-state index contributed by atoms with van der Waals surface area (Å²) in [6.45, 7) is 3.11. The molecule has 5 nitrogen and oxygen atoms in total. The van der Waals surface area contributed by atoms with Crippen LogP contribution in [0.25, 0.3) is 0 Å². The van der Waals surface area contributed by atoms with Crippen LogP contribution in [0.1, 0.15) is 32.0 Å². The van der Waals surface area contributed by atoms with Gasteiger partial charge in [-0.05, 0) is 53.6 Å². The Morgan fingerprint density at radius 2 is 1.73 bits per heavy atom. The standard InChI is InChI=1S/C24H25N3O2S/c28-23(25-16-19-12-13-27(17-19)21-5-2-1-3-6-21)20-10-8-18(9-11-20)15-26-24(29)22-7-4-14-30-22/h1-11,14,19H,12-13,15-17H2,(H,25,28)(H,26,29). The van der Waals surface area contributed by atoms with Crippen LogP contribution in [0.3, 0.4) is 0 Å². The molecule has 3 aromatic rings. The zero-order valence-corrected chi connectivity index (χ0v) is 17.5. The van der Waals surface area contributed by atoms with Crippen LogP contribution in [-0.2, 0) is 6.54 Å². The second-order valence-corrected chi connectivity index (χ2v) is 8.45. The third kappa shape index (κ3) is 5.07. The van der Waals surface area contributed by atoms with Gasteiger partial charge in [0.15, 0.2) is 0 Å². The third-order valence-corrected chi connectivity index (χ3v) is 6.24. The average Bonchev–Trinajstić information content (AvgIpc) is 3.49. The van der Waals surface area contributed by atoms with Gasteiger partial charge in [0.2, 0.25) is 0 Å². The number of carbonyl (C=O) groups is 2. The summed E-state index contributed by atoms with van der Waals surface area (Å²) in [6, 6.07) is 21.5. The van der Waals surface area contributed by atoms with Gasteiger partial charge >= 0.3 is 0 Å². The fourth-order valence-electron chi connectivity index (χ4n) is 3.66. The third-order valence-electron chi connectivity index (χ3n) is 5.37. The van der Waals surface area contributed by atoms with Crippen molar-refractivity contribution in [1.29, 1.82) is 0 Å². The summed E-state index contributed by atoms with van der Waals surface area (Å²) in [6.07, 6.45) is 1.08. The van der Waals surface area contributed by atoms with Crippen LogP contribution in [-0.4, -0.2) is 31.4 Å². The van der Waals surface area contributed by atoms with Gasteiger partial charge < -0.3 is 15.5 Å². The molecule has 1 aromatic heterocycles. The van der Waals surface area contributed by atoms with Gasteiger partial charge in [-0.15, -0.1) is 11.3 Å². The number of thiophene rings is 1. The molecule has 0 spiro atoms. The normalized spacial score (nSPS) is 15.7. The highest BCUT2D eigenvalue weighted by Crippen LogP contribution is 2.23. The van der Waals surface area contributed by atoms with Gasteiger partial charge in [-0.2, -0.15) is 0 Å². The minimum atomic E-state index is -0.0760. The van der Waals surface area contributed by atoms with Crippen LogP contribution in [0, 0.1) is 5.92 Å². The Labute approximate surface area is 180 Å². The van der Waals surface area contributed by atoms with Crippen molar-refractivity contribution >= 4 is 28.8 Å². The molecule has 2 N–H and O–H groups in total. The smallest absolute Gasteiger partial charge is 0.261 e. The van der Waals surface area contributed by atoms with E-state index in [1.807, 2.05) is 41.8 Å². The van der Waals surface area contributed by atoms with Crippen LogP contribution >= 0.6 is 11.3 Å². The first-order valence-corrected chi connectivity index (χ1v) is 11.1. The molecule has 2 amide bonds. The van der Waals surface area contributed by atoms with Gasteiger partial charge in [0.05, 0.1) is 4.88 Å². The summed E-state index contributed by atoms with van der Waals surface area (Å²) in [5, 5.41) is 7.85. The Hall–Kier alpha value is -3.12. The quantitative estimate of drug-likeness (QED) is 0.610. The number of para-hydroxylation sites is 1. The van der Waals surface area contributed by atoms with E-state index in [-0.39, 0.29) is 11.8 Å². The Balaban J connectivity index is 1.23. The van der Waals surface area contributed by atoms with Crippen LogP contribution < -0.4 is 15.5 Å². The first kappa shape index (κ1) is 20.2. The maximum Gasteiger partial charge on any atom is 0.261 e. The van der Waals surface area contributed by atoms with Crippen molar-refractivity contribution < 1.29 is 9.59 Å². The number of nitrogens with zero attached hydrogens (tertiary/aromatic N) is 1. The lowest BCUT2D eigenvalue weighted by Crippen LogP contribution is -2.31. The monoisotopic (exact) mass is 419 g/mol. The molecule has 4 rings (SSSR count). The molecular formula is C24H25N3O2S. The van der Waals surface area contributed by atoms with Crippen molar-refractivity contribution in [3.8, 4) is 0 Å². The van der Waals surface area contributed by atoms with Crippen molar-refractivity contribution in [2.75, 3.05) is 24.5 Å². The van der Waals surface area contributed by atoms with Crippen molar-refractivity contribution in [3.63, 3.8) is 0 Å². The van der Waals surface area contributed by atoms with Gasteiger partial charge in [0.25, 0.3) is 11.8 Å². The highest BCUT2D eigenvalue weighted by molar-refractivity contribution is 7.12. The zero-order chi connectivity index (χ0) is 20.8. The number of rotatable bonds is 7. The minimum absolute atomic E-state index is 0.0534. The van der Waals surface area contributed by atoms with E-state index in [2.05, 4.69) is 39.8 Å². The Morgan fingerprint density at radius 1 is 0.933 bits per heavy atom. The predicted molar refractivity (Wildman–Crippen MR) is 121 cm³/mol. The highest BCUT2D eigenvalue weighted by Gasteiger charge is 2.23. The molecule has 1 fully saturated rings. The second kappa shape index (κ2) is 9.59. The molecule has 0 bridgehead atoms. The Morgan fingerprint density at radius 3 is 2.47 bits per heavy atom. The number of benzene rings is 2. The van der Waals surface area contributed by atoms with Crippen molar-refractivity contribution in [2.24, 2.45) is 5.92 Å². The largest absolute Gasteiger partial charge is 0.371 e. The number of carbonyl (C=O) groups excluding carboxylic acids is 2. The number of hydrogen-bond acceptors (Lipinski definition) is 4. The van der Waals surface area contributed by atoms with E-state index in [1.165, 1.54) is 17.0 Å². The first-order valence-electron chi connectivity index (χ1n) is 10.2. The Bertz CT molecular complexity index is 971. The predicted octanol–water partition coefficient (Wildman–Crippen LogP) is 3.93. The fourth-order valence-corrected chi connectivity index (χ4v) is 4.30. The topological polar surface area (TPSA) is 61.4 Å². The van der Waals surface area contributed by atoms with Crippen molar-refractivity contribution in [1.82, 2.24) is 10.6 Å². The maximum atomic E-state index is 12.5. The molecule has 1 saturated heterocycles. The molecule has 1 aliphatic heterocycles. The summed E-state index contributed by atoms with van der Waals surface area (Å²) in [5.74, 6) is 0.330. The molecule has 1 unspecified atom stereocenters. The molecular weight excluding hydrogens is 394 g/mol. The molecule has 0 aliphatic carbocycles. The summed E-state index contributed by atoms with van der Waals surface area (Å²) >= 11 is 1.42. The highest BCUT2D eigenvalue weighted by atomic mass is 32.1. The number of amides is 2. The van der Waals surface area contributed by atoms with E-state index in [4.69, 9.17) is 0 Å². The molecule has 154 valence electrons. The lowest BCUT2D eigenvalue weighted by Gasteiger charge is -2.18. The lowest BCUT2D eigenvalue weighted by atomic mass is 10.1. The van der Waals surface area contributed by atoms with Gasteiger partial charge in [0, 0.05) is 37.4 Å². The molecule has 1 atom stereocenters.